The minimum absolute atomic E-state index is 0.0646. The smallest absolute Gasteiger partial charge is 0.335 e. The van der Waals surface area contributed by atoms with Crippen LogP contribution in [0.4, 0.5) is 5.69 Å². The molecule has 2 heterocycles. The van der Waals surface area contributed by atoms with E-state index in [0.717, 1.165) is 11.3 Å². The number of aryl methyl sites for hydroxylation is 1. The minimum Gasteiger partial charge on any atom is -0.478 e. The molecule has 0 amide bonds. The number of carboxylic acid groups (broad SMARTS) is 1. The Kier molecular flexibility index (Phi) is 7.66. The third-order valence-corrected chi connectivity index (χ3v) is 6.89. The van der Waals surface area contributed by atoms with Gasteiger partial charge in [-0.3, -0.25) is 19.3 Å². The molecule has 2 aromatic heterocycles. The van der Waals surface area contributed by atoms with Crippen LogP contribution in [0.1, 0.15) is 27.0 Å². The highest BCUT2D eigenvalue weighted by Gasteiger charge is 2.21. The van der Waals surface area contributed by atoms with E-state index in [1.54, 1.807) is 43.3 Å². The molecule has 0 bridgehead atoms. The number of aromatic carboxylic acids is 1. The molecule has 42 heavy (non-hydrogen) atoms. The van der Waals surface area contributed by atoms with Gasteiger partial charge in [0.05, 0.1) is 27.9 Å². The molecule has 10 heteroatoms. The fourth-order valence-electron chi connectivity index (χ4n) is 4.65. The van der Waals surface area contributed by atoms with Crippen LogP contribution in [0.25, 0.3) is 34.6 Å². The summed E-state index contributed by atoms with van der Waals surface area (Å²) in [6, 6.07) is 20.2. The number of aliphatic hydroxyl groups is 1. The van der Waals surface area contributed by atoms with E-state index in [9.17, 15) is 19.5 Å². The molecule has 0 aliphatic heterocycles. The number of fused-ring (bicyclic) bond motifs is 1. The number of hydrogen-bond donors (Lipinski definition) is 3. The highest BCUT2D eigenvalue weighted by Crippen LogP contribution is 2.22. The molecule has 0 spiro atoms. The van der Waals surface area contributed by atoms with Gasteiger partial charge in [-0.15, -0.1) is 5.73 Å². The van der Waals surface area contributed by atoms with Crippen molar-refractivity contribution in [1.82, 2.24) is 14.3 Å². The maximum absolute atomic E-state index is 13.9. The largest absolute Gasteiger partial charge is 0.478 e. The van der Waals surface area contributed by atoms with Crippen LogP contribution in [-0.2, 0) is 0 Å². The van der Waals surface area contributed by atoms with Crippen molar-refractivity contribution in [3.8, 4) is 17.1 Å². The standard InChI is InChI=1S/C32H28N4O6/c1-20-27(6-4-5-21-7-11-23(12-8-21)34(2)3)30(38)35(24-13-9-22(10-14-24)32(40)41)29-28(20)31(39)36(33-29)25-15-17-26(18-16-25)42-19-37/h5-18,33,37H,19H2,1-3H3,(H,40,41). The summed E-state index contributed by atoms with van der Waals surface area (Å²) in [6.07, 6.45) is 3.30. The zero-order valence-electron chi connectivity index (χ0n) is 23.2. The van der Waals surface area contributed by atoms with Gasteiger partial charge in [-0.1, -0.05) is 12.1 Å². The minimum atomic E-state index is -1.09. The number of aliphatic hydroxyl groups excluding tert-OH is 1. The number of H-pyrrole nitrogens is 1. The SMILES string of the molecule is Cc1c(C=C=Cc2ccc(N(C)C)cc2)c(=O)n(-c2ccc(C(=O)O)cc2)c2[nH]n(-c3ccc(OCO)cc3)c(=O)c12. The first-order valence-corrected chi connectivity index (χ1v) is 13.0. The number of aromatic amines is 1. The van der Waals surface area contributed by atoms with Crippen molar-refractivity contribution in [1.29, 1.82) is 0 Å². The molecule has 0 saturated carbocycles. The first kappa shape index (κ1) is 28.0. The number of nitrogens with one attached hydrogen (secondary N) is 1. The zero-order chi connectivity index (χ0) is 30.0. The average molecular weight is 565 g/mol. The summed E-state index contributed by atoms with van der Waals surface area (Å²) < 4.78 is 7.75. The van der Waals surface area contributed by atoms with Crippen LogP contribution >= 0.6 is 0 Å². The van der Waals surface area contributed by atoms with Gasteiger partial charge >= 0.3 is 5.97 Å². The Morgan fingerprint density at radius 1 is 0.929 bits per heavy atom. The Morgan fingerprint density at radius 3 is 2.17 bits per heavy atom. The number of nitrogens with zero attached hydrogens (tertiary/aromatic N) is 3. The molecule has 0 radical (unpaired) electrons. The first-order valence-electron chi connectivity index (χ1n) is 13.0. The van der Waals surface area contributed by atoms with Crippen LogP contribution in [0.2, 0.25) is 0 Å². The summed E-state index contributed by atoms with van der Waals surface area (Å²) in [5, 5.41) is 21.7. The van der Waals surface area contributed by atoms with Crippen molar-refractivity contribution < 1.29 is 19.7 Å². The zero-order valence-corrected chi connectivity index (χ0v) is 23.2. The van der Waals surface area contributed by atoms with Gasteiger partial charge in [0.1, 0.15) is 11.4 Å². The lowest BCUT2D eigenvalue weighted by Gasteiger charge is -2.11. The number of carboxylic acids is 1. The molecule has 10 nitrogen and oxygen atoms in total. The second kappa shape index (κ2) is 11.5. The van der Waals surface area contributed by atoms with Gasteiger partial charge < -0.3 is 19.8 Å². The fourth-order valence-corrected chi connectivity index (χ4v) is 4.65. The molecule has 5 rings (SSSR count). The number of aromatic nitrogens is 3. The highest BCUT2D eigenvalue weighted by molar-refractivity contribution is 5.88. The summed E-state index contributed by atoms with van der Waals surface area (Å²) in [4.78, 5) is 41.1. The van der Waals surface area contributed by atoms with E-state index in [1.165, 1.54) is 33.5 Å². The third kappa shape index (κ3) is 5.27. The highest BCUT2D eigenvalue weighted by atomic mass is 16.6. The van der Waals surface area contributed by atoms with Crippen molar-refractivity contribution in [2.75, 3.05) is 25.8 Å². The van der Waals surface area contributed by atoms with Gasteiger partial charge in [0.2, 0.25) is 0 Å². The first-order chi connectivity index (χ1) is 20.2. The van der Waals surface area contributed by atoms with Crippen molar-refractivity contribution in [2.45, 2.75) is 6.92 Å². The van der Waals surface area contributed by atoms with E-state index in [4.69, 9.17) is 9.84 Å². The molecule has 3 N–H and O–H groups in total. The number of rotatable bonds is 8. The summed E-state index contributed by atoms with van der Waals surface area (Å²) in [6.45, 7) is 1.22. The maximum atomic E-state index is 13.9. The quantitative estimate of drug-likeness (QED) is 0.190. The molecule has 5 aromatic rings. The Morgan fingerprint density at radius 2 is 1.57 bits per heavy atom. The number of pyridine rings is 1. The molecule has 0 saturated heterocycles. The Labute approximate surface area is 240 Å². The van der Waals surface area contributed by atoms with Crippen LogP contribution in [0.5, 0.6) is 5.75 Å². The predicted molar refractivity (Wildman–Crippen MR) is 162 cm³/mol. The predicted octanol–water partition coefficient (Wildman–Crippen LogP) is 4.20. The number of ether oxygens (including phenoxy) is 1. The van der Waals surface area contributed by atoms with E-state index in [2.05, 4.69) is 10.8 Å². The van der Waals surface area contributed by atoms with E-state index in [1.807, 2.05) is 43.3 Å². The summed E-state index contributed by atoms with van der Waals surface area (Å²) in [7, 11) is 3.92. The fraction of sp³-hybridized carbons (Fsp3) is 0.125. The molecule has 212 valence electrons. The molecule has 0 aliphatic carbocycles. The molecule has 0 fully saturated rings. The Bertz CT molecular complexity index is 1960. The van der Waals surface area contributed by atoms with Gasteiger partial charge in [-0.2, -0.15) is 0 Å². The van der Waals surface area contributed by atoms with Gasteiger partial charge in [0.15, 0.2) is 6.79 Å². The third-order valence-electron chi connectivity index (χ3n) is 6.89. The van der Waals surface area contributed by atoms with E-state index >= 15 is 0 Å². The molecule has 0 aliphatic rings. The van der Waals surface area contributed by atoms with Crippen molar-refractivity contribution in [2.24, 2.45) is 0 Å². The summed E-state index contributed by atoms with van der Waals surface area (Å²) >= 11 is 0. The van der Waals surface area contributed by atoms with Crippen molar-refractivity contribution >= 4 is 34.8 Å². The second-order valence-electron chi connectivity index (χ2n) is 9.72. The van der Waals surface area contributed by atoms with Gasteiger partial charge in [0.25, 0.3) is 11.1 Å². The number of benzene rings is 3. The molecule has 0 atom stereocenters. The molecular weight excluding hydrogens is 536 g/mol. The number of anilines is 1. The van der Waals surface area contributed by atoms with Crippen LogP contribution in [0.15, 0.2) is 88.1 Å². The molecule has 0 unspecified atom stereocenters. The monoisotopic (exact) mass is 564 g/mol. The Balaban J connectivity index is 1.71. The van der Waals surface area contributed by atoms with Crippen LogP contribution in [0.3, 0.4) is 0 Å². The lowest BCUT2D eigenvalue weighted by molar-refractivity contribution is 0.0696. The van der Waals surface area contributed by atoms with Crippen LogP contribution in [0, 0.1) is 6.92 Å². The average Bonchev–Trinajstić information content (AvgIpc) is 3.32. The lowest BCUT2D eigenvalue weighted by atomic mass is 10.1. The normalized spacial score (nSPS) is 10.8. The summed E-state index contributed by atoms with van der Waals surface area (Å²) in [5.74, 6) is -0.670. The summed E-state index contributed by atoms with van der Waals surface area (Å²) in [5.41, 5.74) is 6.15. The van der Waals surface area contributed by atoms with Gasteiger partial charge in [-0.05, 0) is 90.9 Å². The van der Waals surface area contributed by atoms with Crippen LogP contribution < -0.4 is 20.8 Å². The van der Waals surface area contributed by atoms with E-state index in [-0.39, 0.29) is 27.7 Å². The lowest BCUT2D eigenvalue weighted by Crippen LogP contribution is -2.23. The van der Waals surface area contributed by atoms with Gasteiger partial charge in [-0.25, -0.2) is 9.48 Å². The topological polar surface area (TPSA) is 130 Å². The van der Waals surface area contributed by atoms with E-state index < -0.39 is 18.3 Å². The van der Waals surface area contributed by atoms with Crippen LogP contribution in [-0.4, -0.2) is 51.4 Å². The molecular formula is C32H28N4O6. The van der Waals surface area contributed by atoms with E-state index in [0.29, 0.717) is 22.7 Å². The second-order valence-corrected chi connectivity index (χ2v) is 9.72. The van der Waals surface area contributed by atoms with Crippen molar-refractivity contribution in [3.63, 3.8) is 0 Å². The Hall–Kier alpha value is -5.57. The number of carbonyl (C=O) groups is 1. The number of hydrogen-bond acceptors (Lipinski definition) is 6. The maximum Gasteiger partial charge on any atom is 0.335 e. The van der Waals surface area contributed by atoms with Gasteiger partial charge in [0, 0.05) is 19.8 Å². The van der Waals surface area contributed by atoms with Crippen molar-refractivity contribution in [3.05, 3.63) is 121 Å². The molecule has 3 aromatic carbocycles.